The van der Waals surface area contributed by atoms with E-state index in [1.165, 1.54) is 12.1 Å². The van der Waals surface area contributed by atoms with Gasteiger partial charge in [0.15, 0.2) is 5.65 Å². The first-order valence-electron chi connectivity index (χ1n) is 8.67. The molecule has 0 saturated carbocycles. The number of imidazole rings is 1. The van der Waals surface area contributed by atoms with Crippen LogP contribution < -0.4 is 4.90 Å². The summed E-state index contributed by atoms with van der Waals surface area (Å²) in [7, 11) is 0. The third kappa shape index (κ3) is 2.93. The molecule has 0 unspecified atom stereocenters. The standard InChI is InChI=1S/C19H21FN4O2/c20-15-3-1-14(2-4-15)9-19(13-25)12-23(7-5-16(19)26)18-11-21-10-17-22-6-8-24(17)18/h1-4,6,8,10-11,16,25-26H,5,7,9,12-13H2/t16-,19-/m0/s1. The molecule has 0 bridgehead atoms. The van der Waals surface area contributed by atoms with Gasteiger partial charge < -0.3 is 15.1 Å². The number of aliphatic hydroxyl groups excluding tert-OH is 2. The normalized spacial score (nSPS) is 23.5. The van der Waals surface area contributed by atoms with Crippen molar-refractivity contribution in [1.82, 2.24) is 14.4 Å². The Kier molecular flexibility index (Phi) is 4.34. The van der Waals surface area contributed by atoms with Gasteiger partial charge in [-0.25, -0.2) is 9.37 Å². The average molecular weight is 356 g/mol. The molecular weight excluding hydrogens is 335 g/mol. The van der Waals surface area contributed by atoms with Gasteiger partial charge in [0.05, 0.1) is 25.1 Å². The van der Waals surface area contributed by atoms with Gasteiger partial charge in [0, 0.05) is 30.9 Å². The van der Waals surface area contributed by atoms with Gasteiger partial charge in [-0.3, -0.25) is 9.38 Å². The number of fused-ring (bicyclic) bond motifs is 1. The zero-order valence-corrected chi connectivity index (χ0v) is 14.3. The molecule has 6 nitrogen and oxygen atoms in total. The molecule has 0 amide bonds. The Morgan fingerprint density at radius 1 is 1.23 bits per heavy atom. The van der Waals surface area contributed by atoms with Crippen LogP contribution in [-0.4, -0.2) is 50.4 Å². The number of nitrogens with zero attached hydrogens (tertiary/aromatic N) is 4. The first-order valence-corrected chi connectivity index (χ1v) is 8.67. The van der Waals surface area contributed by atoms with Crippen molar-refractivity contribution in [2.24, 2.45) is 5.41 Å². The zero-order chi connectivity index (χ0) is 18.1. The van der Waals surface area contributed by atoms with Crippen molar-refractivity contribution in [3.05, 3.63) is 60.4 Å². The smallest absolute Gasteiger partial charge is 0.156 e. The monoisotopic (exact) mass is 356 g/mol. The number of halogens is 1. The van der Waals surface area contributed by atoms with Gasteiger partial charge in [-0.15, -0.1) is 0 Å². The number of aliphatic hydroxyl groups is 2. The number of hydrogen-bond donors (Lipinski definition) is 2. The van der Waals surface area contributed by atoms with Crippen molar-refractivity contribution < 1.29 is 14.6 Å². The van der Waals surface area contributed by atoms with Crippen LogP contribution in [-0.2, 0) is 6.42 Å². The lowest BCUT2D eigenvalue weighted by atomic mass is 9.73. The minimum Gasteiger partial charge on any atom is -0.396 e. The third-order valence-corrected chi connectivity index (χ3v) is 5.29. The number of aromatic nitrogens is 3. The lowest BCUT2D eigenvalue weighted by Gasteiger charge is -2.46. The van der Waals surface area contributed by atoms with E-state index in [4.69, 9.17) is 0 Å². The number of piperidine rings is 1. The minimum atomic E-state index is -0.723. The number of anilines is 1. The van der Waals surface area contributed by atoms with E-state index in [1.807, 2.05) is 10.6 Å². The molecule has 3 heterocycles. The first kappa shape index (κ1) is 16.9. The highest BCUT2D eigenvalue weighted by atomic mass is 19.1. The summed E-state index contributed by atoms with van der Waals surface area (Å²) < 4.78 is 15.1. The summed E-state index contributed by atoms with van der Waals surface area (Å²) in [4.78, 5) is 10.6. The van der Waals surface area contributed by atoms with Crippen molar-refractivity contribution in [1.29, 1.82) is 0 Å². The highest BCUT2D eigenvalue weighted by molar-refractivity contribution is 5.49. The van der Waals surface area contributed by atoms with Crippen LogP contribution in [0.15, 0.2) is 49.1 Å². The van der Waals surface area contributed by atoms with Gasteiger partial charge in [0.25, 0.3) is 0 Å². The second-order valence-corrected chi connectivity index (χ2v) is 6.97. The molecule has 2 N–H and O–H groups in total. The molecule has 1 aliphatic heterocycles. The lowest BCUT2D eigenvalue weighted by molar-refractivity contribution is -0.0293. The van der Waals surface area contributed by atoms with Gasteiger partial charge >= 0.3 is 0 Å². The summed E-state index contributed by atoms with van der Waals surface area (Å²) in [5.74, 6) is 0.583. The molecule has 4 rings (SSSR count). The molecule has 2 atom stereocenters. The van der Waals surface area contributed by atoms with Crippen molar-refractivity contribution in [2.75, 3.05) is 24.6 Å². The third-order valence-electron chi connectivity index (χ3n) is 5.29. The highest BCUT2D eigenvalue weighted by Crippen LogP contribution is 2.36. The Labute approximate surface area is 150 Å². The minimum absolute atomic E-state index is 0.157. The number of benzene rings is 1. The largest absolute Gasteiger partial charge is 0.396 e. The first-order chi connectivity index (χ1) is 12.6. The lowest BCUT2D eigenvalue weighted by Crippen LogP contribution is -2.55. The Hall–Kier alpha value is -2.51. The fourth-order valence-corrected chi connectivity index (χ4v) is 3.81. The number of rotatable bonds is 4. The Balaban J connectivity index is 1.66. The van der Waals surface area contributed by atoms with Crippen LogP contribution in [0.4, 0.5) is 10.2 Å². The summed E-state index contributed by atoms with van der Waals surface area (Å²) in [5.41, 5.74) is 0.917. The molecule has 1 aliphatic rings. The molecule has 0 spiro atoms. The molecule has 136 valence electrons. The van der Waals surface area contributed by atoms with Crippen molar-refractivity contribution in [3.63, 3.8) is 0 Å². The quantitative estimate of drug-likeness (QED) is 0.744. The van der Waals surface area contributed by atoms with Crippen LogP contribution in [0.2, 0.25) is 0 Å². The highest BCUT2D eigenvalue weighted by Gasteiger charge is 2.43. The predicted octanol–water partition coefficient (Wildman–Crippen LogP) is 1.66. The second-order valence-electron chi connectivity index (χ2n) is 6.97. The van der Waals surface area contributed by atoms with E-state index in [2.05, 4.69) is 14.9 Å². The summed E-state index contributed by atoms with van der Waals surface area (Å²) in [6.07, 6.45) is 7.42. The van der Waals surface area contributed by atoms with E-state index in [0.717, 1.165) is 17.0 Å². The van der Waals surface area contributed by atoms with E-state index >= 15 is 0 Å². The molecule has 3 aromatic rings. The van der Waals surface area contributed by atoms with Crippen molar-refractivity contribution in [2.45, 2.75) is 18.9 Å². The van der Waals surface area contributed by atoms with E-state index < -0.39 is 11.5 Å². The zero-order valence-electron chi connectivity index (χ0n) is 14.3. The van der Waals surface area contributed by atoms with Gasteiger partial charge in [-0.1, -0.05) is 12.1 Å². The molecule has 26 heavy (non-hydrogen) atoms. The van der Waals surface area contributed by atoms with Gasteiger partial charge in [-0.2, -0.15) is 0 Å². The maximum absolute atomic E-state index is 13.2. The molecule has 0 radical (unpaired) electrons. The van der Waals surface area contributed by atoms with Crippen LogP contribution in [0, 0.1) is 11.2 Å². The molecule has 2 aromatic heterocycles. The summed E-state index contributed by atoms with van der Waals surface area (Å²) in [6.45, 7) is 0.974. The molecule has 1 aromatic carbocycles. The van der Waals surface area contributed by atoms with Crippen LogP contribution in [0.25, 0.3) is 5.65 Å². The van der Waals surface area contributed by atoms with E-state index in [-0.39, 0.29) is 12.4 Å². The Bertz CT molecular complexity index is 898. The van der Waals surface area contributed by atoms with Gasteiger partial charge in [-0.05, 0) is 30.5 Å². The Morgan fingerprint density at radius 2 is 2.04 bits per heavy atom. The average Bonchev–Trinajstić information content (AvgIpc) is 3.14. The van der Waals surface area contributed by atoms with E-state index in [9.17, 15) is 14.6 Å². The fourth-order valence-electron chi connectivity index (χ4n) is 3.81. The van der Waals surface area contributed by atoms with Crippen LogP contribution in [0.1, 0.15) is 12.0 Å². The van der Waals surface area contributed by atoms with Crippen LogP contribution in [0.3, 0.4) is 0 Å². The summed E-state index contributed by atoms with van der Waals surface area (Å²) in [6, 6.07) is 6.22. The van der Waals surface area contributed by atoms with Crippen LogP contribution >= 0.6 is 0 Å². The molecule has 0 aliphatic carbocycles. The van der Waals surface area contributed by atoms with E-state index in [1.54, 1.807) is 30.7 Å². The molecule has 1 saturated heterocycles. The molecule has 1 fully saturated rings. The van der Waals surface area contributed by atoms with E-state index in [0.29, 0.717) is 25.9 Å². The fraction of sp³-hybridized carbons (Fsp3) is 0.368. The predicted molar refractivity (Wildman–Crippen MR) is 95.4 cm³/mol. The van der Waals surface area contributed by atoms with Crippen molar-refractivity contribution in [3.8, 4) is 0 Å². The Morgan fingerprint density at radius 3 is 2.81 bits per heavy atom. The maximum Gasteiger partial charge on any atom is 0.156 e. The maximum atomic E-state index is 13.2. The van der Waals surface area contributed by atoms with Gasteiger partial charge in [0.2, 0.25) is 0 Å². The SMILES string of the molecule is OC[C@]1(Cc2ccc(F)cc2)CN(c2cncc3nccn23)CC[C@@H]1O. The second kappa shape index (κ2) is 6.66. The molecular formula is C19H21FN4O2. The summed E-state index contributed by atoms with van der Waals surface area (Å²) >= 11 is 0. The number of hydrogen-bond acceptors (Lipinski definition) is 5. The topological polar surface area (TPSA) is 73.9 Å². The summed E-state index contributed by atoms with van der Waals surface area (Å²) in [5, 5.41) is 20.8. The van der Waals surface area contributed by atoms with Crippen LogP contribution in [0.5, 0.6) is 0 Å². The molecule has 7 heteroatoms. The van der Waals surface area contributed by atoms with Gasteiger partial charge in [0.1, 0.15) is 11.6 Å². The van der Waals surface area contributed by atoms with Crippen molar-refractivity contribution >= 4 is 11.5 Å².